The number of pyridine rings is 1. The zero-order valence-electron chi connectivity index (χ0n) is 13.7. The van der Waals surface area contributed by atoms with Gasteiger partial charge in [0.25, 0.3) is 5.91 Å². The number of nitrogens with zero attached hydrogens (tertiary/aromatic N) is 3. The van der Waals surface area contributed by atoms with E-state index in [4.69, 9.17) is 4.52 Å². The number of likely N-dealkylation sites (tertiary alicyclic amines) is 1. The fourth-order valence-corrected chi connectivity index (χ4v) is 2.78. The summed E-state index contributed by atoms with van der Waals surface area (Å²) in [6, 6.07) is 5.48. The van der Waals surface area contributed by atoms with E-state index in [-0.39, 0.29) is 23.2 Å². The molecule has 1 N–H and O–H groups in total. The third-order valence-corrected chi connectivity index (χ3v) is 4.18. The summed E-state index contributed by atoms with van der Waals surface area (Å²) in [5.41, 5.74) is 1.64. The number of rotatable bonds is 3. The average molecular weight is 314 g/mol. The van der Waals surface area contributed by atoms with Crippen molar-refractivity contribution >= 4 is 5.91 Å². The molecule has 1 aliphatic heterocycles. The van der Waals surface area contributed by atoms with E-state index in [0.29, 0.717) is 5.69 Å². The molecule has 2 aromatic heterocycles. The standard InChI is InChI=1S/C17H22N4O2/c1-17(2,3)21-9-6-13(11-21)19-16(22)15-10-14(20-23-15)12-4-7-18-8-5-12/h4-5,7-8,10,13H,6,9,11H2,1-3H3,(H,19,22). The lowest BCUT2D eigenvalue weighted by molar-refractivity contribution is 0.0895. The summed E-state index contributed by atoms with van der Waals surface area (Å²) < 4.78 is 5.19. The van der Waals surface area contributed by atoms with Gasteiger partial charge in [-0.15, -0.1) is 0 Å². The van der Waals surface area contributed by atoms with Crippen LogP contribution < -0.4 is 5.32 Å². The Labute approximate surface area is 135 Å². The Morgan fingerprint density at radius 1 is 1.35 bits per heavy atom. The van der Waals surface area contributed by atoms with Crippen molar-refractivity contribution in [1.29, 1.82) is 0 Å². The van der Waals surface area contributed by atoms with Crippen molar-refractivity contribution in [1.82, 2.24) is 20.4 Å². The Bertz CT molecular complexity index is 675. The molecule has 0 bridgehead atoms. The largest absolute Gasteiger partial charge is 0.350 e. The van der Waals surface area contributed by atoms with Crippen LogP contribution in [-0.2, 0) is 0 Å². The number of carbonyl (C=O) groups is 1. The molecule has 6 heteroatoms. The van der Waals surface area contributed by atoms with Crippen LogP contribution in [0.3, 0.4) is 0 Å². The zero-order chi connectivity index (χ0) is 16.4. The second-order valence-electron chi connectivity index (χ2n) is 6.89. The molecule has 1 saturated heterocycles. The Morgan fingerprint density at radius 2 is 2.09 bits per heavy atom. The summed E-state index contributed by atoms with van der Waals surface area (Å²) in [6.07, 6.45) is 4.32. The van der Waals surface area contributed by atoms with Crippen LogP contribution in [-0.4, -0.2) is 45.6 Å². The van der Waals surface area contributed by atoms with Gasteiger partial charge in [-0.1, -0.05) is 5.16 Å². The normalized spacial score (nSPS) is 19.0. The summed E-state index contributed by atoms with van der Waals surface area (Å²) in [4.78, 5) is 18.7. The van der Waals surface area contributed by atoms with Gasteiger partial charge in [0.05, 0.1) is 0 Å². The second kappa shape index (κ2) is 6.12. The highest BCUT2D eigenvalue weighted by molar-refractivity contribution is 5.92. The van der Waals surface area contributed by atoms with E-state index in [9.17, 15) is 4.79 Å². The van der Waals surface area contributed by atoms with Crippen molar-refractivity contribution in [2.24, 2.45) is 0 Å². The molecule has 23 heavy (non-hydrogen) atoms. The average Bonchev–Trinajstić information content (AvgIpc) is 3.16. The topological polar surface area (TPSA) is 71.3 Å². The van der Waals surface area contributed by atoms with Gasteiger partial charge in [0.15, 0.2) is 0 Å². The van der Waals surface area contributed by atoms with E-state index in [2.05, 4.69) is 41.1 Å². The van der Waals surface area contributed by atoms with Gasteiger partial charge in [0, 0.05) is 48.7 Å². The fraction of sp³-hybridized carbons (Fsp3) is 0.471. The predicted octanol–water partition coefficient (Wildman–Crippen LogP) is 2.34. The highest BCUT2D eigenvalue weighted by atomic mass is 16.5. The van der Waals surface area contributed by atoms with Crippen molar-refractivity contribution in [3.8, 4) is 11.3 Å². The zero-order valence-corrected chi connectivity index (χ0v) is 13.7. The number of hydrogen-bond acceptors (Lipinski definition) is 5. The quantitative estimate of drug-likeness (QED) is 0.941. The summed E-state index contributed by atoms with van der Waals surface area (Å²) in [7, 11) is 0. The minimum Gasteiger partial charge on any atom is -0.350 e. The Balaban J connectivity index is 1.63. The molecule has 0 saturated carbocycles. The number of amides is 1. The van der Waals surface area contributed by atoms with E-state index < -0.39 is 0 Å². The van der Waals surface area contributed by atoms with Gasteiger partial charge >= 0.3 is 0 Å². The van der Waals surface area contributed by atoms with Gasteiger partial charge in [0.1, 0.15) is 5.69 Å². The van der Waals surface area contributed by atoms with Crippen LogP contribution in [0.15, 0.2) is 35.1 Å². The van der Waals surface area contributed by atoms with Crippen LogP contribution in [0.4, 0.5) is 0 Å². The Hall–Kier alpha value is -2.21. The van der Waals surface area contributed by atoms with Gasteiger partial charge < -0.3 is 9.84 Å². The molecule has 1 atom stereocenters. The smallest absolute Gasteiger partial charge is 0.290 e. The van der Waals surface area contributed by atoms with E-state index >= 15 is 0 Å². The van der Waals surface area contributed by atoms with Gasteiger partial charge in [-0.05, 0) is 39.3 Å². The van der Waals surface area contributed by atoms with Crippen LogP contribution in [0, 0.1) is 0 Å². The maximum atomic E-state index is 12.3. The molecular formula is C17H22N4O2. The molecule has 122 valence electrons. The summed E-state index contributed by atoms with van der Waals surface area (Å²) in [5, 5.41) is 7.00. The third kappa shape index (κ3) is 3.59. The minimum atomic E-state index is -0.210. The van der Waals surface area contributed by atoms with Crippen LogP contribution in [0.25, 0.3) is 11.3 Å². The van der Waals surface area contributed by atoms with Crippen LogP contribution in [0.5, 0.6) is 0 Å². The summed E-state index contributed by atoms with van der Waals surface area (Å²) in [6.45, 7) is 8.42. The first-order valence-corrected chi connectivity index (χ1v) is 7.86. The molecule has 1 fully saturated rings. The van der Waals surface area contributed by atoms with E-state index in [1.165, 1.54) is 0 Å². The maximum Gasteiger partial charge on any atom is 0.290 e. The van der Waals surface area contributed by atoms with Crippen LogP contribution in [0.1, 0.15) is 37.7 Å². The molecule has 0 aromatic carbocycles. The highest BCUT2D eigenvalue weighted by Crippen LogP contribution is 2.21. The molecule has 1 aliphatic rings. The molecule has 6 nitrogen and oxygen atoms in total. The minimum absolute atomic E-state index is 0.125. The number of nitrogens with one attached hydrogen (secondary N) is 1. The molecule has 1 unspecified atom stereocenters. The molecule has 3 heterocycles. The van der Waals surface area contributed by atoms with Gasteiger partial charge in [-0.25, -0.2) is 0 Å². The molecule has 3 rings (SSSR count). The highest BCUT2D eigenvalue weighted by Gasteiger charge is 2.31. The predicted molar refractivity (Wildman–Crippen MR) is 86.9 cm³/mol. The molecule has 0 radical (unpaired) electrons. The van der Waals surface area contributed by atoms with Gasteiger partial charge in [-0.2, -0.15) is 0 Å². The van der Waals surface area contributed by atoms with Crippen molar-refractivity contribution in [2.45, 2.75) is 38.8 Å². The maximum absolute atomic E-state index is 12.3. The molecular weight excluding hydrogens is 292 g/mol. The van der Waals surface area contributed by atoms with E-state index in [1.807, 2.05) is 12.1 Å². The first-order valence-electron chi connectivity index (χ1n) is 7.86. The number of carbonyl (C=O) groups excluding carboxylic acids is 1. The van der Waals surface area contributed by atoms with Gasteiger partial charge in [-0.3, -0.25) is 14.7 Å². The Morgan fingerprint density at radius 3 is 2.74 bits per heavy atom. The van der Waals surface area contributed by atoms with Crippen LogP contribution in [0.2, 0.25) is 0 Å². The lowest BCUT2D eigenvalue weighted by atomic mass is 10.1. The molecule has 0 spiro atoms. The van der Waals surface area contributed by atoms with Crippen molar-refractivity contribution < 1.29 is 9.32 Å². The summed E-state index contributed by atoms with van der Waals surface area (Å²) >= 11 is 0. The SMILES string of the molecule is CC(C)(C)N1CCC(NC(=O)c2cc(-c3ccncc3)no2)C1. The lowest BCUT2D eigenvalue weighted by Crippen LogP contribution is -2.43. The van der Waals surface area contributed by atoms with Crippen LogP contribution >= 0.6 is 0 Å². The first kappa shape index (κ1) is 15.7. The second-order valence-corrected chi connectivity index (χ2v) is 6.89. The van der Waals surface area contributed by atoms with Crippen molar-refractivity contribution in [3.05, 3.63) is 36.4 Å². The third-order valence-electron chi connectivity index (χ3n) is 4.18. The number of hydrogen-bond donors (Lipinski definition) is 1. The molecule has 1 amide bonds. The van der Waals surface area contributed by atoms with E-state index in [0.717, 1.165) is 25.1 Å². The van der Waals surface area contributed by atoms with Gasteiger partial charge in [0.2, 0.25) is 5.76 Å². The van der Waals surface area contributed by atoms with Crippen molar-refractivity contribution in [2.75, 3.05) is 13.1 Å². The molecule has 2 aromatic rings. The van der Waals surface area contributed by atoms with E-state index in [1.54, 1.807) is 18.5 Å². The number of aromatic nitrogens is 2. The van der Waals surface area contributed by atoms with Crippen molar-refractivity contribution in [3.63, 3.8) is 0 Å². The molecule has 0 aliphatic carbocycles. The fourth-order valence-electron chi connectivity index (χ4n) is 2.78. The first-order chi connectivity index (χ1) is 10.9. The monoisotopic (exact) mass is 314 g/mol. The Kier molecular flexibility index (Phi) is 4.17. The summed E-state index contributed by atoms with van der Waals surface area (Å²) in [5.74, 6) is 0.0320. The lowest BCUT2D eigenvalue weighted by Gasteiger charge is -2.31.